The minimum absolute atomic E-state index is 0.113. The zero-order valence-corrected chi connectivity index (χ0v) is 14.6. The first-order valence-electron chi connectivity index (χ1n) is 7.64. The molecule has 0 unspecified atom stereocenters. The van der Waals surface area contributed by atoms with E-state index in [9.17, 15) is 22.4 Å². The Hall–Kier alpha value is -2.87. The van der Waals surface area contributed by atoms with Crippen LogP contribution in [0.4, 0.5) is 23.2 Å². The number of aryl methyl sites for hydroxylation is 1. The normalized spacial score (nSPS) is 11.1. The molecule has 9 heteroatoms. The summed E-state index contributed by atoms with van der Waals surface area (Å²) in [6.45, 7) is 0. The molecule has 0 saturated heterocycles. The zero-order valence-electron chi connectivity index (χ0n) is 13.8. The van der Waals surface area contributed by atoms with E-state index in [4.69, 9.17) is 11.6 Å². The van der Waals surface area contributed by atoms with Gasteiger partial charge in [0, 0.05) is 24.5 Å². The summed E-state index contributed by atoms with van der Waals surface area (Å²) in [6, 6.07) is 7.26. The molecular formula is C18H12ClF4N3O. The van der Waals surface area contributed by atoms with E-state index in [0.29, 0.717) is 0 Å². The standard InChI is InChI=1S/C18H12ClF4N3O/c1-26-8-12(16(25-26)17(22)23)18(27)24-15-5-3-10(20)7-11(15)9-2-4-13(19)14(21)6-9/h2-8,17H,1H3,(H,24,27). The molecule has 0 aliphatic heterocycles. The fraction of sp³-hybridized carbons (Fsp3) is 0.111. The number of hydrogen-bond donors (Lipinski definition) is 1. The number of amides is 1. The highest BCUT2D eigenvalue weighted by Gasteiger charge is 2.23. The van der Waals surface area contributed by atoms with Crippen molar-refractivity contribution in [3.05, 3.63) is 70.5 Å². The van der Waals surface area contributed by atoms with Gasteiger partial charge in [-0.2, -0.15) is 5.10 Å². The smallest absolute Gasteiger partial charge is 0.282 e. The highest BCUT2D eigenvalue weighted by atomic mass is 35.5. The summed E-state index contributed by atoms with van der Waals surface area (Å²) in [7, 11) is 1.41. The van der Waals surface area contributed by atoms with Gasteiger partial charge in [0.2, 0.25) is 0 Å². The monoisotopic (exact) mass is 397 g/mol. The van der Waals surface area contributed by atoms with Crippen LogP contribution in [0.3, 0.4) is 0 Å². The topological polar surface area (TPSA) is 46.9 Å². The van der Waals surface area contributed by atoms with Gasteiger partial charge in [0.15, 0.2) is 0 Å². The lowest BCUT2D eigenvalue weighted by molar-refractivity contribution is 0.101. The van der Waals surface area contributed by atoms with Crippen molar-refractivity contribution >= 4 is 23.2 Å². The molecule has 3 aromatic rings. The molecule has 0 saturated carbocycles. The predicted molar refractivity (Wildman–Crippen MR) is 92.9 cm³/mol. The minimum Gasteiger partial charge on any atom is -0.321 e. The van der Waals surface area contributed by atoms with Crippen LogP contribution in [-0.4, -0.2) is 15.7 Å². The Morgan fingerprint density at radius 2 is 1.93 bits per heavy atom. The van der Waals surface area contributed by atoms with Gasteiger partial charge in [-0.1, -0.05) is 17.7 Å². The Bertz CT molecular complexity index is 1020. The largest absolute Gasteiger partial charge is 0.321 e. The van der Waals surface area contributed by atoms with Crippen molar-refractivity contribution < 1.29 is 22.4 Å². The molecule has 140 valence electrons. The summed E-state index contributed by atoms with van der Waals surface area (Å²) in [4.78, 5) is 12.5. The van der Waals surface area contributed by atoms with Gasteiger partial charge in [0.05, 0.1) is 10.6 Å². The molecule has 0 fully saturated rings. The number of alkyl halides is 2. The Labute approximate surface area is 156 Å². The number of carbonyl (C=O) groups excluding carboxylic acids is 1. The molecule has 2 aromatic carbocycles. The van der Waals surface area contributed by atoms with Crippen molar-refractivity contribution in [3.63, 3.8) is 0 Å². The number of aromatic nitrogens is 2. The van der Waals surface area contributed by atoms with Gasteiger partial charge in [-0.05, 0) is 35.9 Å². The van der Waals surface area contributed by atoms with Crippen molar-refractivity contribution in [1.29, 1.82) is 0 Å². The summed E-state index contributed by atoms with van der Waals surface area (Å²) in [5.74, 6) is -2.18. The first-order chi connectivity index (χ1) is 12.8. The summed E-state index contributed by atoms with van der Waals surface area (Å²) < 4.78 is 54.7. The number of anilines is 1. The van der Waals surface area contributed by atoms with Gasteiger partial charge in [0.25, 0.3) is 12.3 Å². The average Bonchev–Trinajstić information content (AvgIpc) is 3.01. The lowest BCUT2D eigenvalue weighted by Crippen LogP contribution is -2.14. The maximum Gasteiger partial charge on any atom is 0.282 e. The summed E-state index contributed by atoms with van der Waals surface area (Å²) >= 11 is 5.65. The van der Waals surface area contributed by atoms with Crippen LogP contribution in [0, 0.1) is 11.6 Å². The Morgan fingerprint density at radius 1 is 1.19 bits per heavy atom. The number of rotatable bonds is 4. The van der Waals surface area contributed by atoms with Crippen LogP contribution in [0.5, 0.6) is 0 Å². The van der Waals surface area contributed by atoms with Gasteiger partial charge in [-0.3, -0.25) is 9.48 Å². The predicted octanol–water partition coefficient (Wildman–Crippen LogP) is 5.21. The molecule has 3 rings (SSSR count). The Morgan fingerprint density at radius 3 is 2.59 bits per heavy atom. The summed E-state index contributed by atoms with van der Waals surface area (Å²) in [5.41, 5.74) is -0.443. The van der Waals surface area contributed by atoms with Gasteiger partial charge >= 0.3 is 0 Å². The second-order valence-corrected chi connectivity index (χ2v) is 6.08. The number of nitrogens with zero attached hydrogens (tertiary/aromatic N) is 2. The molecule has 0 aliphatic rings. The van der Waals surface area contributed by atoms with E-state index in [2.05, 4.69) is 10.4 Å². The maximum absolute atomic E-state index is 13.8. The van der Waals surface area contributed by atoms with Crippen molar-refractivity contribution in [1.82, 2.24) is 9.78 Å². The first kappa shape index (κ1) is 18.9. The van der Waals surface area contributed by atoms with Crippen LogP contribution in [0.1, 0.15) is 22.5 Å². The molecule has 0 bridgehead atoms. The van der Waals surface area contributed by atoms with Gasteiger partial charge in [-0.15, -0.1) is 0 Å². The van der Waals surface area contributed by atoms with E-state index in [-0.39, 0.29) is 27.4 Å². The maximum atomic E-state index is 13.8. The first-order valence-corrected chi connectivity index (χ1v) is 8.02. The molecule has 0 aliphatic carbocycles. The number of carbonyl (C=O) groups is 1. The highest BCUT2D eigenvalue weighted by molar-refractivity contribution is 6.30. The molecule has 1 amide bonds. The Balaban J connectivity index is 2.01. The van der Waals surface area contributed by atoms with Crippen LogP contribution >= 0.6 is 11.6 Å². The quantitative estimate of drug-likeness (QED) is 0.614. The van der Waals surface area contributed by atoms with Crippen molar-refractivity contribution in [2.45, 2.75) is 6.43 Å². The van der Waals surface area contributed by atoms with Crippen LogP contribution in [0.15, 0.2) is 42.6 Å². The third kappa shape index (κ3) is 3.95. The molecule has 0 atom stereocenters. The van der Waals surface area contributed by atoms with Crippen LogP contribution in [0.25, 0.3) is 11.1 Å². The van der Waals surface area contributed by atoms with Gasteiger partial charge in [0.1, 0.15) is 17.3 Å². The van der Waals surface area contributed by atoms with Crippen molar-refractivity contribution in [2.75, 3.05) is 5.32 Å². The van der Waals surface area contributed by atoms with Gasteiger partial charge in [-0.25, -0.2) is 17.6 Å². The van der Waals surface area contributed by atoms with E-state index in [1.807, 2.05) is 0 Å². The lowest BCUT2D eigenvalue weighted by atomic mass is 10.0. The third-order valence-electron chi connectivity index (χ3n) is 3.77. The van der Waals surface area contributed by atoms with E-state index >= 15 is 0 Å². The second kappa shape index (κ2) is 7.40. The van der Waals surface area contributed by atoms with Crippen molar-refractivity contribution in [3.8, 4) is 11.1 Å². The van der Waals surface area contributed by atoms with E-state index in [0.717, 1.165) is 29.1 Å². The minimum atomic E-state index is -2.94. The Kier molecular flexibility index (Phi) is 5.18. The third-order valence-corrected chi connectivity index (χ3v) is 4.08. The van der Waals surface area contributed by atoms with E-state index < -0.39 is 29.7 Å². The molecule has 1 aromatic heterocycles. The van der Waals surface area contributed by atoms with Crippen LogP contribution < -0.4 is 5.32 Å². The highest BCUT2D eigenvalue weighted by Crippen LogP contribution is 2.32. The average molecular weight is 398 g/mol. The second-order valence-electron chi connectivity index (χ2n) is 5.68. The lowest BCUT2D eigenvalue weighted by Gasteiger charge is -2.12. The van der Waals surface area contributed by atoms with Crippen LogP contribution in [-0.2, 0) is 7.05 Å². The van der Waals surface area contributed by atoms with Gasteiger partial charge < -0.3 is 5.32 Å². The summed E-state index contributed by atoms with van der Waals surface area (Å²) in [6.07, 6.45) is -1.79. The van der Waals surface area contributed by atoms with Crippen LogP contribution in [0.2, 0.25) is 5.02 Å². The number of benzene rings is 2. The molecule has 4 nitrogen and oxygen atoms in total. The molecular weight excluding hydrogens is 386 g/mol. The fourth-order valence-electron chi connectivity index (χ4n) is 2.56. The molecule has 27 heavy (non-hydrogen) atoms. The van der Waals surface area contributed by atoms with E-state index in [1.54, 1.807) is 0 Å². The van der Waals surface area contributed by atoms with Crippen molar-refractivity contribution in [2.24, 2.45) is 7.05 Å². The fourth-order valence-corrected chi connectivity index (χ4v) is 2.68. The number of halogens is 5. The molecule has 1 heterocycles. The number of hydrogen-bond acceptors (Lipinski definition) is 2. The SMILES string of the molecule is Cn1cc(C(=O)Nc2ccc(F)cc2-c2ccc(Cl)c(F)c2)c(C(F)F)n1. The number of nitrogens with one attached hydrogen (secondary N) is 1. The molecule has 0 radical (unpaired) electrons. The summed E-state index contributed by atoms with van der Waals surface area (Å²) in [5, 5.41) is 5.90. The van der Waals surface area contributed by atoms with E-state index in [1.165, 1.54) is 25.2 Å². The molecule has 0 spiro atoms. The molecule has 1 N–H and O–H groups in total. The zero-order chi connectivity index (χ0) is 19.7.